The minimum Gasteiger partial charge on any atom is -0.491 e. The molecular formula is C19H22O4. The van der Waals surface area contributed by atoms with Crippen LogP contribution in [0.2, 0.25) is 0 Å². The molecule has 0 saturated carbocycles. The number of hydrogen-bond acceptors (Lipinski definition) is 4. The zero-order valence-electron chi connectivity index (χ0n) is 13.6. The van der Waals surface area contributed by atoms with Gasteiger partial charge in [-0.25, -0.2) is 0 Å². The molecule has 0 amide bonds. The van der Waals surface area contributed by atoms with Crippen LogP contribution in [0.15, 0.2) is 36.4 Å². The highest BCUT2D eigenvalue weighted by atomic mass is 16.5. The molecule has 0 bridgehead atoms. The van der Waals surface area contributed by atoms with Crippen LogP contribution in [0, 0.1) is 0 Å². The molecule has 1 aliphatic rings. The van der Waals surface area contributed by atoms with Crippen LogP contribution in [0.25, 0.3) is 11.1 Å². The maximum Gasteiger partial charge on any atom is 0.119 e. The van der Waals surface area contributed by atoms with Crippen molar-refractivity contribution in [1.29, 1.82) is 0 Å². The number of rotatable bonds is 8. The van der Waals surface area contributed by atoms with Gasteiger partial charge in [-0.2, -0.15) is 0 Å². The quantitative estimate of drug-likeness (QED) is 0.598. The fourth-order valence-electron chi connectivity index (χ4n) is 2.83. The number of benzene rings is 2. The van der Waals surface area contributed by atoms with Crippen molar-refractivity contribution in [1.82, 2.24) is 0 Å². The molecule has 0 heterocycles. The minimum absolute atomic E-state index is 0.569. The first-order valence-electron chi connectivity index (χ1n) is 7.81. The zero-order valence-corrected chi connectivity index (χ0v) is 13.6. The van der Waals surface area contributed by atoms with Crippen LogP contribution < -0.4 is 9.47 Å². The van der Waals surface area contributed by atoms with Crippen molar-refractivity contribution >= 4 is 0 Å². The Labute approximate surface area is 136 Å². The third-order valence-electron chi connectivity index (χ3n) is 3.94. The second-order valence-electron chi connectivity index (χ2n) is 5.50. The third-order valence-corrected chi connectivity index (χ3v) is 3.94. The van der Waals surface area contributed by atoms with Crippen LogP contribution in [-0.4, -0.2) is 40.6 Å². The second-order valence-corrected chi connectivity index (χ2v) is 5.50. The van der Waals surface area contributed by atoms with Crippen LogP contribution in [-0.2, 0) is 15.9 Å². The van der Waals surface area contributed by atoms with Crippen LogP contribution >= 0.6 is 0 Å². The Morgan fingerprint density at radius 2 is 1.17 bits per heavy atom. The third kappa shape index (κ3) is 3.66. The molecule has 122 valence electrons. The van der Waals surface area contributed by atoms with E-state index in [1.54, 1.807) is 14.2 Å². The standard InChI is InChI=1S/C19H22O4/c1-20-7-9-22-16-3-5-18-14(12-16)11-15-13-17(4-6-19(15)18)23-10-8-21-2/h3-6,12-13H,7-11H2,1-2H3. The monoisotopic (exact) mass is 314 g/mol. The van der Waals surface area contributed by atoms with Gasteiger partial charge in [0.1, 0.15) is 24.7 Å². The average Bonchev–Trinajstić information content (AvgIpc) is 2.92. The maximum absolute atomic E-state index is 5.70. The molecule has 2 aromatic rings. The molecule has 23 heavy (non-hydrogen) atoms. The Morgan fingerprint density at radius 1 is 0.696 bits per heavy atom. The van der Waals surface area contributed by atoms with E-state index < -0.39 is 0 Å². The van der Waals surface area contributed by atoms with E-state index in [9.17, 15) is 0 Å². The van der Waals surface area contributed by atoms with Gasteiger partial charge < -0.3 is 18.9 Å². The summed E-state index contributed by atoms with van der Waals surface area (Å²) in [5, 5.41) is 0. The van der Waals surface area contributed by atoms with Gasteiger partial charge in [0.15, 0.2) is 0 Å². The highest BCUT2D eigenvalue weighted by Gasteiger charge is 2.19. The first-order valence-corrected chi connectivity index (χ1v) is 7.81. The number of fused-ring (bicyclic) bond motifs is 3. The summed E-state index contributed by atoms with van der Waals surface area (Å²) in [4.78, 5) is 0. The topological polar surface area (TPSA) is 36.9 Å². The van der Waals surface area contributed by atoms with Crippen LogP contribution in [0.4, 0.5) is 0 Å². The Hall–Kier alpha value is -2.04. The van der Waals surface area contributed by atoms with E-state index in [0.717, 1.165) is 17.9 Å². The summed E-state index contributed by atoms with van der Waals surface area (Å²) in [6.07, 6.45) is 0.910. The summed E-state index contributed by atoms with van der Waals surface area (Å²) in [7, 11) is 3.35. The normalized spacial score (nSPS) is 11.9. The van der Waals surface area contributed by atoms with Gasteiger partial charge in [0.05, 0.1) is 13.2 Å². The van der Waals surface area contributed by atoms with Gasteiger partial charge in [0.25, 0.3) is 0 Å². The molecule has 0 N–H and O–H groups in total. The molecule has 2 aromatic carbocycles. The minimum atomic E-state index is 0.569. The lowest BCUT2D eigenvalue weighted by atomic mass is 10.1. The van der Waals surface area contributed by atoms with E-state index in [-0.39, 0.29) is 0 Å². The SMILES string of the molecule is COCCOc1ccc2c(c1)Cc1cc(OCCOC)ccc1-2. The average molecular weight is 314 g/mol. The van der Waals surface area contributed by atoms with Crippen LogP contribution in [0.5, 0.6) is 11.5 Å². The lowest BCUT2D eigenvalue weighted by Crippen LogP contribution is -2.04. The van der Waals surface area contributed by atoms with Crippen molar-refractivity contribution < 1.29 is 18.9 Å². The van der Waals surface area contributed by atoms with E-state index >= 15 is 0 Å². The van der Waals surface area contributed by atoms with Gasteiger partial charge in [0.2, 0.25) is 0 Å². The van der Waals surface area contributed by atoms with E-state index in [2.05, 4.69) is 24.3 Å². The Morgan fingerprint density at radius 3 is 1.61 bits per heavy atom. The lowest BCUT2D eigenvalue weighted by Gasteiger charge is -2.08. The smallest absolute Gasteiger partial charge is 0.119 e. The largest absolute Gasteiger partial charge is 0.491 e. The van der Waals surface area contributed by atoms with Crippen LogP contribution in [0.3, 0.4) is 0 Å². The summed E-state index contributed by atoms with van der Waals surface area (Å²) in [5.41, 5.74) is 5.15. The molecular weight excluding hydrogens is 292 g/mol. The Bertz CT molecular complexity index is 609. The number of methoxy groups -OCH3 is 2. The molecule has 0 spiro atoms. The van der Waals surface area contributed by atoms with Gasteiger partial charge in [-0.1, -0.05) is 12.1 Å². The molecule has 3 rings (SSSR count). The predicted molar refractivity (Wildman–Crippen MR) is 89.4 cm³/mol. The lowest BCUT2D eigenvalue weighted by molar-refractivity contribution is 0.146. The van der Waals surface area contributed by atoms with E-state index in [0.29, 0.717) is 26.4 Å². The fourth-order valence-corrected chi connectivity index (χ4v) is 2.83. The molecule has 0 fully saturated rings. The van der Waals surface area contributed by atoms with Gasteiger partial charge in [-0.05, 0) is 52.9 Å². The van der Waals surface area contributed by atoms with Crippen molar-refractivity contribution in [3.8, 4) is 22.6 Å². The van der Waals surface area contributed by atoms with Gasteiger partial charge >= 0.3 is 0 Å². The molecule has 0 radical (unpaired) electrons. The summed E-state index contributed by atoms with van der Waals surface area (Å²) in [6, 6.07) is 12.6. The van der Waals surface area contributed by atoms with E-state index in [1.807, 2.05) is 12.1 Å². The van der Waals surface area contributed by atoms with Crippen molar-refractivity contribution in [2.75, 3.05) is 40.6 Å². The molecule has 1 aliphatic carbocycles. The molecule has 0 saturated heterocycles. The number of hydrogen-bond donors (Lipinski definition) is 0. The highest BCUT2D eigenvalue weighted by molar-refractivity contribution is 5.78. The van der Waals surface area contributed by atoms with Crippen molar-refractivity contribution in [3.63, 3.8) is 0 Å². The van der Waals surface area contributed by atoms with E-state index in [1.165, 1.54) is 22.3 Å². The molecule has 0 aromatic heterocycles. The fraction of sp³-hybridized carbons (Fsp3) is 0.368. The molecule has 0 aliphatic heterocycles. The van der Waals surface area contributed by atoms with Crippen molar-refractivity contribution in [2.45, 2.75) is 6.42 Å². The molecule has 0 unspecified atom stereocenters. The van der Waals surface area contributed by atoms with Crippen LogP contribution in [0.1, 0.15) is 11.1 Å². The molecule has 0 atom stereocenters. The Balaban J connectivity index is 1.72. The second kappa shape index (κ2) is 7.49. The molecule has 4 nitrogen and oxygen atoms in total. The maximum atomic E-state index is 5.70. The van der Waals surface area contributed by atoms with Gasteiger partial charge in [-0.15, -0.1) is 0 Å². The summed E-state index contributed by atoms with van der Waals surface area (Å²) >= 11 is 0. The predicted octanol–water partition coefficient (Wildman–Crippen LogP) is 3.31. The Kier molecular flexibility index (Phi) is 5.16. The van der Waals surface area contributed by atoms with Crippen molar-refractivity contribution in [2.24, 2.45) is 0 Å². The summed E-state index contributed by atoms with van der Waals surface area (Å²) in [5.74, 6) is 1.79. The van der Waals surface area contributed by atoms with Gasteiger partial charge in [0, 0.05) is 14.2 Å². The zero-order chi connectivity index (χ0) is 16.1. The summed E-state index contributed by atoms with van der Waals surface area (Å²) in [6.45, 7) is 2.33. The molecule has 4 heteroatoms. The first-order chi connectivity index (χ1) is 11.3. The van der Waals surface area contributed by atoms with E-state index in [4.69, 9.17) is 18.9 Å². The first kappa shape index (κ1) is 15.8. The van der Waals surface area contributed by atoms with Gasteiger partial charge in [-0.3, -0.25) is 0 Å². The highest BCUT2D eigenvalue weighted by Crippen LogP contribution is 2.39. The van der Waals surface area contributed by atoms with Crippen molar-refractivity contribution in [3.05, 3.63) is 47.5 Å². The summed E-state index contributed by atoms with van der Waals surface area (Å²) < 4.78 is 21.4. The number of ether oxygens (including phenoxy) is 4.